The van der Waals surface area contributed by atoms with Crippen molar-refractivity contribution in [3.05, 3.63) is 56.8 Å². The molecule has 0 unspecified atom stereocenters. The lowest BCUT2D eigenvalue weighted by Crippen LogP contribution is -2.04. The Balaban J connectivity index is 2.40. The Bertz CT molecular complexity index is 1090. The van der Waals surface area contributed by atoms with Gasteiger partial charge in [-0.05, 0) is 43.2 Å². The minimum Gasteiger partial charge on any atom is -0.361 e. The van der Waals surface area contributed by atoms with Crippen LogP contribution in [-0.4, -0.2) is 9.97 Å². The standard InChI is InChI=1S/C17H13ClN2O/c1-8-14-11-7-10(18)3-4-12(11)20-17(14)9(2)15-13(21)5-6-19-16(8)15/h3-7,20H,1-2H3,(H,19,21). The molecule has 2 N–H and O–H groups in total. The zero-order valence-electron chi connectivity index (χ0n) is 11.7. The molecular weight excluding hydrogens is 284 g/mol. The van der Waals surface area contributed by atoms with Gasteiger partial charge in [0.1, 0.15) is 0 Å². The normalized spacial score (nSPS) is 11.8. The maximum absolute atomic E-state index is 12.2. The Kier molecular flexibility index (Phi) is 2.45. The Hall–Kier alpha value is -2.26. The predicted octanol–water partition coefficient (Wildman–Crippen LogP) is 4.43. The number of fused-ring (bicyclic) bond motifs is 4. The molecule has 0 saturated heterocycles. The number of halogens is 1. The number of benzene rings is 2. The molecule has 0 amide bonds. The third-order valence-electron chi connectivity index (χ3n) is 4.22. The number of aromatic nitrogens is 2. The van der Waals surface area contributed by atoms with Gasteiger partial charge in [0.05, 0.1) is 16.4 Å². The monoisotopic (exact) mass is 296 g/mol. The molecule has 0 fully saturated rings. The van der Waals surface area contributed by atoms with Crippen LogP contribution >= 0.6 is 11.6 Å². The highest BCUT2D eigenvalue weighted by Gasteiger charge is 2.15. The van der Waals surface area contributed by atoms with Gasteiger partial charge < -0.3 is 9.97 Å². The number of rotatable bonds is 0. The van der Waals surface area contributed by atoms with Crippen LogP contribution in [-0.2, 0) is 0 Å². The maximum atomic E-state index is 12.2. The van der Waals surface area contributed by atoms with Crippen LogP contribution in [0.1, 0.15) is 11.1 Å². The minimum atomic E-state index is 0.0444. The Morgan fingerprint density at radius 3 is 2.57 bits per heavy atom. The first kappa shape index (κ1) is 12.5. The van der Waals surface area contributed by atoms with Gasteiger partial charge in [-0.1, -0.05) is 11.6 Å². The lowest BCUT2D eigenvalue weighted by atomic mass is 9.99. The van der Waals surface area contributed by atoms with Crippen molar-refractivity contribution >= 4 is 44.3 Å². The summed E-state index contributed by atoms with van der Waals surface area (Å²) in [6.07, 6.45) is 1.70. The van der Waals surface area contributed by atoms with Crippen molar-refractivity contribution in [1.82, 2.24) is 9.97 Å². The van der Waals surface area contributed by atoms with Crippen molar-refractivity contribution in [3.8, 4) is 0 Å². The SMILES string of the molecule is Cc1c2[nH]c3ccc(Cl)cc3c2c(C)c2[nH]ccc(=O)c12. The molecule has 0 saturated carbocycles. The number of pyridine rings is 1. The fourth-order valence-electron chi connectivity index (χ4n) is 3.23. The smallest absolute Gasteiger partial charge is 0.189 e. The van der Waals surface area contributed by atoms with Gasteiger partial charge in [-0.25, -0.2) is 0 Å². The van der Waals surface area contributed by atoms with Crippen molar-refractivity contribution in [2.75, 3.05) is 0 Å². The van der Waals surface area contributed by atoms with Crippen molar-refractivity contribution < 1.29 is 0 Å². The van der Waals surface area contributed by atoms with Gasteiger partial charge in [0.15, 0.2) is 5.43 Å². The second-order valence-corrected chi connectivity index (χ2v) is 5.84. The minimum absolute atomic E-state index is 0.0444. The van der Waals surface area contributed by atoms with E-state index in [0.29, 0.717) is 5.02 Å². The molecule has 0 aliphatic rings. The van der Waals surface area contributed by atoms with E-state index in [-0.39, 0.29) is 5.43 Å². The third-order valence-corrected chi connectivity index (χ3v) is 4.45. The van der Waals surface area contributed by atoms with Gasteiger partial charge in [0.2, 0.25) is 0 Å². The molecule has 0 spiro atoms. The van der Waals surface area contributed by atoms with E-state index in [1.807, 2.05) is 32.0 Å². The molecule has 2 aromatic heterocycles. The van der Waals surface area contributed by atoms with Crippen LogP contribution in [0.5, 0.6) is 0 Å². The Labute approximate surface area is 125 Å². The molecule has 3 nitrogen and oxygen atoms in total. The zero-order valence-corrected chi connectivity index (χ0v) is 12.4. The molecule has 0 aliphatic heterocycles. The molecule has 4 heteroatoms. The summed E-state index contributed by atoms with van der Waals surface area (Å²) in [4.78, 5) is 18.8. The number of H-pyrrole nitrogens is 2. The summed E-state index contributed by atoms with van der Waals surface area (Å²) in [6.45, 7) is 4.02. The highest BCUT2D eigenvalue weighted by molar-refractivity contribution is 6.32. The van der Waals surface area contributed by atoms with Crippen molar-refractivity contribution in [3.63, 3.8) is 0 Å². The number of hydrogen-bond donors (Lipinski definition) is 2. The molecule has 0 atom stereocenters. The molecule has 0 aliphatic carbocycles. The average molecular weight is 297 g/mol. The van der Waals surface area contributed by atoms with E-state index in [9.17, 15) is 4.79 Å². The number of nitrogens with one attached hydrogen (secondary N) is 2. The van der Waals surface area contributed by atoms with Crippen LogP contribution in [0.15, 0.2) is 35.3 Å². The summed E-state index contributed by atoms with van der Waals surface area (Å²) >= 11 is 6.14. The van der Waals surface area contributed by atoms with Crippen molar-refractivity contribution in [2.24, 2.45) is 0 Å². The maximum Gasteiger partial charge on any atom is 0.189 e. The third kappa shape index (κ3) is 1.58. The van der Waals surface area contributed by atoms with Crippen LogP contribution < -0.4 is 5.43 Å². The summed E-state index contributed by atoms with van der Waals surface area (Å²) in [5.41, 5.74) is 5.02. The summed E-state index contributed by atoms with van der Waals surface area (Å²) in [6, 6.07) is 7.38. The highest BCUT2D eigenvalue weighted by Crippen LogP contribution is 2.35. The first-order valence-corrected chi connectivity index (χ1v) is 7.17. The van der Waals surface area contributed by atoms with E-state index in [0.717, 1.165) is 43.8 Å². The predicted molar refractivity (Wildman–Crippen MR) is 88.4 cm³/mol. The molecule has 4 rings (SSSR count). The van der Waals surface area contributed by atoms with E-state index in [4.69, 9.17) is 11.6 Å². The fraction of sp³-hybridized carbons (Fsp3) is 0.118. The zero-order chi connectivity index (χ0) is 14.7. The molecule has 0 bridgehead atoms. The Morgan fingerprint density at radius 1 is 1.00 bits per heavy atom. The number of aromatic amines is 2. The first-order chi connectivity index (χ1) is 10.1. The average Bonchev–Trinajstić information content (AvgIpc) is 2.83. The van der Waals surface area contributed by atoms with Gasteiger partial charge in [-0.3, -0.25) is 4.79 Å². The molecule has 104 valence electrons. The van der Waals surface area contributed by atoms with Crippen LogP contribution in [0.4, 0.5) is 0 Å². The largest absolute Gasteiger partial charge is 0.361 e. The fourth-order valence-corrected chi connectivity index (χ4v) is 3.40. The summed E-state index contributed by atoms with van der Waals surface area (Å²) in [5, 5.41) is 3.67. The van der Waals surface area contributed by atoms with Crippen molar-refractivity contribution in [1.29, 1.82) is 0 Å². The van der Waals surface area contributed by atoms with Crippen molar-refractivity contribution in [2.45, 2.75) is 13.8 Å². The van der Waals surface area contributed by atoms with E-state index >= 15 is 0 Å². The van der Waals surface area contributed by atoms with Gasteiger partial charge in [-0.2, -0.15) is 0 Å². The summed E-state index contributed by atoms with van der Waals surface area (Å²) in [5.74, 6) is 0. The van der Waals surface area contributed by atoms with Crippen LogP contribution in [0.3, 0.4) is 0 Å². The quantitative estimate of drug-likeness (QED) is 0.495. The molecular formula is C17H13ClN2O. The van der Waals surface area contributed by atoms with Crippen LogP contribution in [0.25, 0.3) is 32.7 Å². The first-order valence-electron chi connectivity index (χ1n) is 6.79. The topological polar surface area (TPSA) is 48.6 Å². The highest BCUT2D eigenvalue weighted by atomic mass is 35.5. The van der Waals surface area contributed by atoms with E-state index in [1.54, 1.807) is 12.3 Å². The van der Waals surface area contributed by atoms with Gasteiger partial charge >= 0.3 is 0 Å². The second-order valence-electron chi connectivity index (χ2n) is 5.41. The molecule has 2 aromatic carbocycles. The second kappa shape index (κ2) is 4.12. The van der Waals surface area contributed by atoms with Gasteiger partial charge in [0, 0.05) is 33.6 Å². The molecule has 0 radical (unpaired) electrons. The van der Waals surface area contributed by atoms with Crippen LogP contribution in [0, 0.1) is 13.8 Å². The van der Waals surface area contributed by atoms with E-state index in [1.165, 1.54) is 0 Å². The molecule has 21 heavy (non-hydrogen) atoms. The molecule has 4 aromatic rings. The lowest BCUT2D eigenvalue weighted by Gasteiger charge is -2.08. The number of aryl methyl sites for hydroxylation is 2. The lowest BCUT2D eigenvalue weighted by molar-refractivity contribution is 1.35. The van der Waals surface area contributed by atoms with Gasteiger partial charge in [-0.15, -0.1) is 0 Å². The summed E-state index contributed by atoms with van der Waals surface area (Å²) < 4.78 is 0. The van der Waals surface area contributed by atoms with Gasteiger partial charge in [0.25, 0.3) is 0 Å². The molecule has 2 heterocycles. The van der Waals surface area contributed by atoms with E-state index < -0.39 is 0 Å². The van der Waals surface area contributed by atoms with Crippen LogP contribution in [0.2, 0.25) is 5.02 Å². The number of hydrogen-bond acceptors (Lipinski definition) is 1. The summed E-state index contributed by atoms with van der Waals surface area (Å²) in [7, 11) is 0. The Morgan fingerprint density at radius 2 is 1.76 bits per heavy atom. The van der Waals surface area contributed by atoms with E-state index in [2.05, 4.69) is 9.97 Å².